The van der Waals surface area contributed by atoms with Crippen molar-refractivity contribution >= 4 is 21.1 Å². The maximum absolute atomic E-state index is 12.5. The molecule has 0 bridgehead atoms. The lowest BCUT2D eigenvalue weighted by atomic mass is 10.1. The van der Waals surface area contributed by atoms with Crippen LogP contribution in [0.2, 0.25) is 0 Å². The zero-order valence-corrected chi connectivity index (χ0v) is 20.2. The first-order valence-corrected chi connectivity index (χ1v) is 11.8. The molecule has 0 unspecified atom stereocenters. The van der Waals surface area contributed by atoms with Crippen LogP contribution < -0.4 is 4.74 Å². The van der Waals surface area contributed by atoms with Crippen LogP contribution in [-0.2, 0) is 29.7 Å². The van der Waals surface area contributed by atoms with Crippen LogP contribution in [0.5, 0.6) is 5.75 Å². The molecule has 2 aromatic carbocycles. The Balaban J connectivity index is 1.88. The molecule has 0 aliphatic rings. The van der Waals surface area contributed by atoms with Crippen molar-refractivity contribution in [2.45, 2.75) is 45.3 Å². The molecule has 1 aromatic heterocycles. The van der Waals surface area contributed by atoms with Gasteiger partial charge < -0.3 is 9.30 Å². The standard InChI is InChI=1S/C23H32N4O3S/c1-8-27-21-10-9-19(31(28,29)25(4)5)13-20(21)24-22(27)15-26(6)14-18-11-16(2)23(30-7)17(3)12-18/h9-13H,8,14-15H2,1-7H3. The molecule has 0 amide bonds. The van der Waals surface area contributed by atoms with Gasteiger partial charge in [-0.05, 0) is 62.7 Å². The number of imidazole rings is 1. The fraction of sp³-hybridized carbons (Fsp3) is 0.435. The van der Waals surface area contributed by atoms with Crippen molar-refractivity contribution in [1.82, 2.24) is 18.8 Å². The Labute approximate surface area is 185 Å². The largest absolute Gasteiger partial charge is 0.496 e. The molecule has 1 heterocycles. The molecule has 8 heteroatoms. The number of hydrogen-bond acceptors (Lipinski definition) is 5. The van der Waals surface area contributed by atoms with E-state index in [1.54, 1.807) is 19.2 Å². The second-order valence-electron chi connectivity index (χ2n) is 8.15. The van der Waals surface area contributed by atoms with Crippen molar-refractivity contribution in [1.29, 1.82) is 0 Å². The van der Waals surface area contributed by atoms with Crippen LogP contribution in [-0.4, -0.2) is 55.4 Å². The second-order valence-corrected chi connectivity index (χ2v) is 10.3. The van der Waals surface area contributed by atoms with E-state index in [2.05, 4.69) is 49.4 Å². The van der Waals surface area contributed by atoms with E-state index < -0.39 is 10.0 Å². The summed E-state index contributed by atoms with van der Waals surface area (Å²) in [5.41, 5.74) is 5.11. The SMILES string of the molecule is CCn1c(CN(C)Cc2cc(C)c(OC)c(C)c2)nc2cc(S(=O)(=O)N(C)C)ccc21. The summed E-state index contributed by atoms with van der Waals surface area (Å²) in [5.74, 6) is 1.85. The monoisotopic (exact) mass is 444 g/mol. The van der Waals surface area contributed by atoms with Gasteiger partial charge in [-0.1, -0.05) is 12.1 Å². The number of fused-ring (bicyclic) bond motifs is 1. The van der Waals surface area contributed by atoms with Gasteiger partial charge in [-0.3, -0.25) is 4.90 Å². The maximum atomic E-state index is 12.5. The minimum absolute atomic E-state index is 0.259. The Morgan fingerprint density at radius 3 is 2.23 bits per heavy atom. The molecule has 7 nitrogen and oxygen atoms in total. The summed E-state index contributed by atoms with van der Waals surface area (Å²) in [6.45, 7) is 8.39. The van der Waals surface area contributed by atoms with Crippen molar-refractivity contribution in [3.63, 3.8) is 0 Å². The number of aryl methyl sites for hydroxylation is 3. The van der Waals surface area contributed by atoms with Crippen LogP contribution in [0.3, 0.4) is 0 Å². The quantitative estimate of drug-likeness (QED) is 0.531. The molecule has 0 saturated carbocycles. The highest BCUT2D eigenvalue weighted by Gasteiger charge is 2.20. The maximum Gasteiger partial charge on any atom is 0.242 e. The van der Waals surface area contributed by atoms with E-state index in [0.717, 1.165) is 41.3 Å². The van der Waals surface area contributed by atoms with Crippen LogP contribution in [0.4, 0.5) is 0 Å². The molecule has 0 spiro atoms. The highest BCUT2D eigenvalue weighted by atomic mass is 32.2. The minimum atomic E-state index is -3.49. The van der Waals surface area contributed by atoms with Crippen LogP contribution in [0.1, 0.15) is 29.4 Å². The summed E-state index contributed by atoms with van der Waals surface area (Å²) in [6.07, 6.45) is 0. The van der Waals surface area contributed by atoms with Crippen molar-refractivity contribution in [2.24, 2.45) is 0 Å². The number of methoxy groups -OCH3 is 1. The van der Waals surface area contributed by atoms with Gasteiger partial charge in [-0.25, -0.2) is 17.7 Å². The van der Waals surface area contributed by atoms with Gasteiger partial charge in [-0.2, -0.15) is 0 Å². The molecule has 3 aromatic rings. The van der Waals surface area contributed by atoms with E-state index in [1.165, 1.54) is 24.0 Å². The van der Waals surface area contributed by atoms with E-state index in [0.29, 0.717) is 12.1 Å². The number of nitrogens with zero attached hydrogens (tertiary/aromatic N) is 4. The lowest BCUT2D eigenvalue weighted by Crippen LogP contribution is -2.22. The van der Waals surface area contributed by atoms with E-state index in [4.69, 9.17) is 9.72 Å². The lowest BCUT2D eigenvalue weighted by Gasteiger charge is -2.19. The number of hydrogen-bond donors (Lipinski definition) is 0. The summed E-state index contributed by atoms with van der Waals surface area (Å²) >= 11 is 0. The van der Waals surface area contributed by atoms with Crippen molar-refractivity contribution < 1.29 is 13.2 Å². The normalized spacial score (nSPS) is 12.3. The first-order chi connectivity index (χ1) is 14.6. The summed E-state index contributed by atoms with van der Waals surface area (Å²) in [6, 6.07) is 9.48. The molecular formula is C23H32N4O3S. The zero-order chi connectivity index (χ0) is 22.9. The van der Waals surface area contributed by atoms with Gasteiger partial charge in [0.15, 0.2) is 0 Å². The average molecular weight is 445 g/mol. The van der Waals surface area contributed by atoms with E-state index in [1.807, 2.05) is 6.07 Å². The average Bonchev–Trinajstić information content (AvgIpc) is 3.03. The molecule has 0 aliphatic carbocycles. The van der Waals surface area contributed by atoms with E-state index in [9.17, 15) is 8.42 Å². The molecule has 0 fully saturated rings. The van der Waals surface area contributed by atoms with Gasteiger partial charge in [0.1, 0.15) is 11.6 Å². The van der Waals surface area contributed by atoms with Gasteiger partial charge in [0.25, 0.3) is 0 Å². The van der Waals surface area contributed by atoms with Crippen LogP contribution in [0.25, 0.3) is 11.0 Å². The topological polar surface area (TPSA) is 67.7 Å². The fourth-order valence-corrected chi connectivity index (χ4v) is 4.99. The van der Waals surface area contributed by atoms with Crippen molar-refractivity contribution in [3.05, 3.63) is 52.8 Å². The highest BCUT2D eigenvalue weighted by Crippen LogP contribution is 2.26. The van der Waals surface area contributed by atoms with Crippen LogP contribution in [0, 0.1) is 13.8 Å². The number of rotatable bonds is 8. The predicted octanol–water partition coefficient (Wildman–Crippen LogP) is 3.56. The highest BCUT2D eigenvalue weighted by molar-refractivity contribution is 7.89. The third kappa shape index (κ3) is 4.61. The second kappa shape index (κ2) is 8.98. The smallest absolute Gasteiger partial charge is 0.242 e. The third-order valence-electron chi connectivity index (χ3n) is 5.48. The Morgan fingerprint density at radius 1 is 1.03 bits per heavy atom. The van der Waals surface area contributed by atoms with E-state index >= 15 is 0 Å². The number of ether oxygens (including phenoxy) is 1. The molecule has 0 N–H and O–H groups in total. The molecule has 168 valence electrons. The number of aromatic nitrogens is 2. The van der Waals surface area contributed by atoms with Gasteiger partial charge >= 0.3 is 0 Å². The molecule has 3 rings (SSSR count). The van der Waals surface area contributed by atoms with Crippen molar-refractivity contribution in [2.75, 3.05) is 28.3 Å². The molecule has 0 aliphatic heterocycles. The first-order valence-electron chi connectivity index (χ1n) is 10.3. The summed E-state index contributed by atoms with van der Waals surface area (Å²) < 4.78 is 33.8. The summed E-state index contributed by atoms with van der Waals surface area (Å²) in [7, 11) is 3.34. The first kappa shape index (κ1) is 23.2. The molecular weight excluding hydrogens is 412 g/mol. The molecule has 0 radical (unpaired) electrons. The Bertz CT molecular complexity index is 1180. The summed E-state index contributed by atoms with van der Waals surface area (Å²) in [4.78, 5) is 7.25. The Hall–Kier alpha value is -2.42. The van der Waals surface area contributed by atoms with Crippen molar-refractivity contribution in [3.8, 4) is 5.75 Å². The minimum Gasteiger partial charge on any atom is -0.496 e. The predicted molar refractivity (Wildman–Crippen MR) is 124 cm³/mol. The number of benzene rings is 2. The lowest BCUT2D eigenvalue weighted by molar-refractivity contribution is 0.306. The molecule has 31 heavy (non-hydrogen) atoms. The third-order valence-corrected chi connectivity index (χ3v) is 7.29. The van der Waals surface area contributed by atoms with Crippen LogP contribution >= 0.6 is 0 Å². The zero-order valence-electron chi connectivity index (χ0n) is 19.4. The number of sulfonamides is 1. The molecule has 0 atom stereocenters. The van der Waals surface area contributed by atoms with Gasteiger partial charge in [0, 0.05) is 27.2 Å². The Kier molecular flexibility index (Phi) is 6.73. The van der Waals surface area contributed by atoms with Gasteiger partial charge in [-0.15, -0.1) is 0 Å². The van der Waals surface area contributed by atoms with Crippen LogP contribution in [0.15, 0.2) is 35.2 Å². The van der Waals surface area contributed by atoms with E-state index in [-0.39, 0.29) is 4.90 Å². The molecule has 0 saturated heterocycles. The summed E-state index contributed by atoms with van der Waals surface area (Å²) in [5, 5.41) is 0. The van der Waals surface area contributed by atoms with Gasteiger partial charge in [0.2, 0.25) is 10.0 Å². The van der Waals surface area contributed by atoms with Gasteiger partial charge in [0.05, 0.1) is 29.6 Å². The Morgan fingerprint density at radius 2 is 1.68 bits per heavy atom. The fourth-order valence-electron chi connectivity index (χ4n) is 4.07.